The minimum Gasteiger partial charge on any atom is -0.480 e. The third kappa shape index (κ3) is 10.4. The van der Waals surface area contributed by atoms with Crippen LogP contribution in [0.15, 0.2) is 5.41 Å². The number of carbonyl (C=O) groups excluding carboxylic acids is 1. The summed E-state index contributed by atoms with van der Waals surface area (Å²) in [6, 6.07) is 0. The highest BCUT2D eigenvalue weighted by atomic mass is 35.5. The number of aromatic nitrogens is 2. The van der Waals surface area contributed by atoms with Crippen LogP contribution in [0.2, 0.25) is 5.02 Å². The first kappa shape index (κ1) is 29.5. The first-order valence-electron chi connectivity index (χ1n) is 13.1. The first-order chi connectivity index (χ1) is 16.9. The molecule has 1 aliphatic heterocycles. The van der Waals surface area contributed by atoms with Gasteiger partial charge in [-0.3, -0.25) is 4.72 Å². The molecule has 1 aromatic heterocycles. The summed E-state index contributed by atoms with van der Waals surface area (Å²) in [5.41, 5.74) is -0.147. The first-order valence-corrected chi connectivity index (χ1v) is 15.1. The number of nitrogens with zero attached hydrogens (tertiary/aromatic N) is 2. The van der Waals surface area contributed by atoms with Crippen LogP contribution in [0.25, 0.3) is 5.88 Å². The van der Waals surface area contributed by atoms with Crippen LogP contribution < -0.4 is 4.72 Å². The zero-order chi connectivity index (χ0) is 25.5. The van der Waals surface area contributed by atoms with E-state index in [0.29, 0.717) is 0 Å². The Kier molecular flexibility index (Phi) is 13.6. The van der Waals surface area contributed by atoms with Gasteiger partial charge in [-0.25, -0.2) is 13.2 Å². The fourth-order valence-electron chi connectivity index (χ4n) is 4.14. The number of esters is 1. The molecular formula is C25H42ClN3O5S. The molecule has 1 aliphatic rings. The summed E-state index contributed by atoms with van der Waals surface area (Å²) in [6.45, 7) is 2.53. The highest BCUT2D eigenvalue weighted by Gasteiger charge is 2.31. The fourth-order valence-corrected chi connectivity index (χ4v) is 5.42. The molecule has 0 unspecified atom stereocenters. The Morgan fingerprint density at radius 1 is 0.914 bits per heavy atom. The van der Waals surface area contributed by atoms with Crippen molar-refractivity contribution in [3.05, 3.63) is 16.1 Å². The topological polar surface area (TPSA) is 99.5 Å². The Labute approximate surface area is 215 Å². The van der Waals surface area contributed by atoms with Crippen molar-refractivity contribution in [3.63, 3.8) is 0 Å². The standard InChI is InChI=1S/C25H42ClN3O5S/c1-3-4-5-6-7-8-9-10-11-12-13-14-15-16-17-18-19-34-25(30)23-22(26)24-28-35(31,32)20-21(33-2)29(24)27-23/h20,28H,3-19H2,1-2H3. The lowest BCUT2D eigenvalue weighted by Gasteiger charge is -2.15. The van der Waals surface area contributed by atoms with Crippen LogP contribution >= 0.6 is 11.6 Å². The number of nitrogens with one attached hydrogen (secondary N) is 1. The summed E-state index contributed by atoms with van der Waals surface area (Å²) in [6.07, 6.45) is 20.4. The van der Waals surface area contributed by atoms with E-state index in [2.05, 4.69) is 16.7 Å². The van der Waals surface area contributed by atoms with Gasteiger partial charge in [0.1, 0.15) is 10.4 Å². The molecule has 35 heavy (non-hydrogen) atoms. The van der Waals surface area contributed by atoms with Crippen molar-refractivity contribution in [1.82, 2.24) is 9.78 Å². The van der Waals surface area contributed by atoms with E-state index in [9.17, 15) is 13.2 Å². The molecule has 0 radical (unpaired) electrons. The highest BCUT2D eigenvalue weighted by Crippen LogP contribution is 2.33. The lowest BCUT2D eigenvalue weighted by Crippen LogP contribution is -2.20. The number of rotatable bonds is 19. The second-order valence-electron chi connectivity index (χ2n) is 9.17. The van der Waals surface area contributed by atoms with Gasteiger partial charge in [0.25, 0.3) is 10.0 Å². The van der Waals surface area contributed by atoms with Gasteiger partial charge in [-0.05, 0) is 6.42 Å². The number of hydrogen-bond acceptors (Lipinski definition) is 6. The molecular weight excluding hydrogens is 490 g/mol. The van der Waals surface area contributed by atoms with Gasteiger partial charge in [0.15, 0.2) is 11.5 Å². The fraction of sp³-hybridized carbons (Fsp3) is 0.760. The molecule has 0 atom stereocenters. The van der Waals surface area contributed by atoms with Gasteiger partial charge in [-0.1, -0.05) is 115 Å². The summed E-state index contributed by atoms with van der Waals surface area (Å²) in [4.78, 5) is 12.4. The van der Waals surface area contributed by atoms with Gasteiger partial charge in [0.05, 0.1) is 13.7 Å². The maximum Gasteiger partial charge on any atom is 0.360 e. The zero-order valence-corrected chi connectivity index (χ0v) is 22.9. The number of anilines is 1. The molecule has 10 heteroatoms. The molecule has 0 fully saturated rings. The van der Waals surface area contributed by atoms with Crippen LogP contribution in [0.3, 0.4) is 0 Å². The van der Waals surface area contributed by atoms with E-state index >= 15 is 0 Å². The molecule has 2 rings (SSSR count). The SMILES string of the molecule is CCCCCCCCCCCCCCCCCCOC(=O)c1nn2c(c1Cl)NS(=O)(=O)C=C2OC. The number of ether oxygens (including phenoxy) is 2. The largest absolute Gasteiger partial charge is 0.480 e. The molecule has 0 spiro atoms. The smallest absolute Gasteiger partial charge is 0.360 e. The Balaban J connectivity index is 1.50. The van der Waals surface area contributed by atoms with Gasteiger partial charge in [0.2, 0.25) is 5.88 Å². The number of halogens is 1. The molecule has 2 heterocycles. The predicted octanol–water partition coefficient (Wildman–Crippen LogP) is 7.11. The number of unbranched alkanes of at least 4 members (excludes halogenated alkanes) is 15. The van der Waals surface area contributed by atoms with Crippen molar-refractivity contribution in [2.24, 2.45) is 0 Å². The number of fused-ring (bicyclic) bond motifs is 1. The van der Waals surface area contributed by atoms with Crippen molar-refractivity contribution in [1.29, 1.82) is 0 Å². The molecule has 0 saturated carbocycles. The van der Waals surface area contributed by atoms with Crippen molar-refractivity contribution >= 4 is 39.3 Å². The highest BCUT2D eigenvalue weighted by molar-refractivity contribution is 7.95. The Morgan fingerprint density at radius 3 is 1.89 bits per heavy atom. The van der Waals surface area contributed by atoms with E-state index in [1.165, 1.54) is 90.6 Å². The maximum atomic E-state index is 12.4. The molecule has 0 bridgehead atoms. The second-order valence-corrected chi connectivity index (χ2v) is 11.1. The summed E-state index contributed by atoms with van der Waals surface area (Å²) in [5, 5.41) is 4.81. The predicted molar refractivity (Wildman–Crippen MR) is 141 cm³/mol. The third-order valence-corrected chi connectivity index (χ3v) is 7.51. The molecule has 0 saturated heterocycles. The number of sulfonamides is 1. The Morgan fingerprint density at radius 2 is 1.40 bits per heavy atom. The number of hydrogen-bond donors (Lipinski definition) is 1. The van der Waals surface area contributed by atoms with Crippen molar-refractivity contribution in [3.8, 4) is 0 Å². The van der Waals surface area contributed by atoms with Crippen molar-refractivity contribution in [2.45, 2.75) is 110 Å². The molecule has 8 nitrogen and oxygen atoms in total. The third-order valence-electron chi connectivity index (χ3n) is 6.16. The van der Waals surface area contributed by atoms with Gasteiger partial charge >= 0.3 is 5.97 Å². The number of methoxy groups -OCH3 is 1. The van der Waals surface area contributed by atoms with Crippen LogP contribution in [0, 0.1) is 0 Å². The molecule has 0 aliphatic carbocycles. The quantitative estimate of drug-likeness (QED) is 0.151. The summed E-state index contributed by atoms with van der Waals surface area (Å²) in [5.74, 6) is -0.787. The lowest BCUT2D eigenvalue weighted by molar-refractivity contribution is 0.0490. The molecule has 0 aromatic carbocycles. The second kappa shape index (κ2) is 16.1. The summed E-state index contributed by atoms with van der Waals surface area (Å²) >= 11 is 6.17. The van der Waals surface area contributed by atoms with Crippen LogP contribution in [-0.4, -0.2) is 37.9 Å². The molecule has 200 valence electrons. The van der Waals surface area contributed by atoms with Gasteiger partial charge in [-0.2, -0.15) is 9.78 Å². The monoisotopic (exact) mass is 531 g/mol. The minimum absolute atomic E-state index is 0.0413. The average Bonchev–Trinajstić information content (AvgIpc) is 3.15. The van der Waals surface area contributed by atoms with E-state index in [0.717, 1.165) is 29.4 Å². The van der Waals surface area contributed by atoms with Crippen LogP contribution in [0.5, 0.6) is 0 Å². The van der Waals surface area contributed by atoms with E-state index in [1.54, 1.807) is 0 Å². The summed E-state index contributed by atoms with van der Waals surface area (Å²) in [7, 11) is -2.47. The van der Waals surface area contributed by atoms with Crippen LogP contribution in [0.1, 0.15) is 120 Å². The molecule has 1 N–H and O–H groups in total. The Hall–Kier alpha value is -1.74. The van der Waals surface area contributed by atoms with E-state index in [1.807, 2.05) is 0 Å². The molecule has 1 aromatic rings. The Bertz CT molecular complexity index is 914. The minimum atomic E-state index is -3.77. The van der Waals surface area contributed by atoms with E-state index in [-0.39, 0.29) is 29.0 Å². The van der Waals surface area contributed by atoms with E-state index in [4.69, 9.17) is 21.1 Å². The summed E-state index contributed by atoms with van der Waals surface area (Å²) < 4.78 is 37.5. The van der Waals surface area contributed by atoms with Gasteiger partial charge in [-0.15, -0.1) is 0 Å². The number of carbonyl (C=O) groups is 1. The van der Waals surface area contributed by atoms with Crippen molar-refractivity contribution in [2.75, 3.05) is 18.4 Å². The van der Waals surface area contributed by atoms with Crippen LogP contribution in [0.4, 0.5) is 5.82 Å². The average molecular weight is 532 g/mol. The van der Waals surface area contributed by atoms with Gasteiger partial charge in [0, 0.05) is 0 Å². The van der Waals surface area contributed by atoms with Crippen LogP contribution in [-0.2, 0) is 19.5 Å². The lowest BCUT2D eigenvalue weighted by atomic mass is 10.0. The molecule has 0 amide bonds. The van der Waals surface area contributed by atoms with Crippen molar-refractivity contribution < 1.29 is 22.7 Å². The van der Waals surface area contributed by atoms with Gasteiger partial charge < -0.3 is 9.47 Å². The normalized spacial score (nSPS) is 14.2. The van der Waals surface area contributed by atoms with E-state index < -0.39 is 16.0 Å². The maximum absolute atomic E-state index is 12.4. The zero-order valence-electron chi connectivity index (χ0n) is 21.3.